The summed E-state index contributed by atoms with van der Waals surface area (Å²) < 4.78 is 5.16. The lowest BCUT2D eigenvalue weighted by atomic mass is 10.1. The Bertz CT molecular complexity index is 844. The summed E-state index contributed by atoms with van der Waals surface area (Å²) in [7, 11) is 0. The fourth-order valence-corrected chi connectivity index (χ4v) is 3.17. The molecule has 2 aromatic rings. The summed E-state index contributed by atoms with van der Waals surface area (Å²) in [6.45, 7) is 3.91. The number of ketones is 1. The maximum atomic E-state index is 12.3. The van der Waals surface area contributed by atoms with Gasteiger partial charge in [-0.3, -0.25) is 14.4 Å². The van der Waals surface area contributed by atoms with Crippen molar-refractivity contribution in [2.45, 2.75) is 20.3 Å². The van der Waals surface area contributed by atoms with Crippen molar-refractivity contribution in [2.24, 2.45) is 5.92 Å². The average Bonchev–Trinajstić information content (AvgIpc) is 3.02. The van der Waals surface area contributed by atoms with E-state index in [0.29, 0.717) is 5.56 Å². The van der Waals surface area contributed by atoms with E-state index in [-0.39, 0.29) is 31.3 Å². The molecule has 0 unspecified atom stereocenters. The number of anilines is 1. The largest absolute Gasteiger partial charge is 0.457 e. The van der Waals surface area contributed by atoms with Gasteiger partial charge in [-0.1, -0.05) is 48.0 Å². The fraction of sp³-hybridized carbons (Fsp3) is 0.286. The predicted octanol–water partition coefficient (Wildman–Crippen LogP) is 3.08. The van der Waals surface area contributed by atoms with E-state index in [1.807, 2.05) is 38.1 Å². The number of carbonyl (C=O) groups excluding carboxylic acids is 3. The van der Waals surface area contributed by atoms with E-state index >= 15 is 0 Å². The van der Waals surface area contributed by atoms with Gasteiger partial charge in [0.2, 0.25) is 5.91 Å². The van der Waals surface area contributed by atoms with E-state index < -0.39 is 11.9 Å². The van der Waals surface area contributed by atoms with Crippen LogP contribution in [0.15, 0.2) is 48.5 Å². The second-order valence-electron chi connectivity index (χ2n) is 6.59. The van der Waals surface area contributed by atoms with Crippen molar-refractivity contribution in [1.29, 1.82) is 0 Å². The molecule has 0 aromatic heterocycles. The molecule has 0 saturated carbocycles. The van der Waals surface area contributed by atoms with Gasteiger partial charge in [-0.25, -0.2) is 0 Å². The highest BCUT2D eigenvalue weighted by atomic mass is 16.5. The Morgan fingerprint density at radius 2 is 1.85 bits per heavy atom. The normalized spacial score (nSPS) is 16.6. The molecule has 5 nitrogen and oxygen atoms in total. The fourth-order valence-electron chi connectivity index (χ4n) is 3.17. The lowest BCUT2D eigenvalue weighted by Gasteiger charge is -2.19. The van der Waals surface area contributed by atoms with Crippen LogP contribution in [-0.2, 0) is 14.3 Å². The molecule has 134 valence electrons. The van der Waals surface area contributed by atoms with Gasteiger partial charge in [0, 0.05) is 24.2 Å². The van der Waals surface area contributed by atoms with Gasteiger partial charge < -0.3 is 9.64 Å². The molecule has 0 N–H and O–H groups in total. The molecule has 1 saturated heterocycles. The van der Waals surface area contributed by atoms with E-state index in [9.17, 15) is 14.4 Å². The zero-order chi connectivity index (χ0) is 18.7. The summed E-state index contributed by atoms with van der Waals surface area (Å²) in [5, 5.41) is 0. The molecular weight excluding hydrogens is 330 g/mol. The van der Waals surface area contributed by atoms with Crippen LogP contribution >= 0.6 is 0 Å². The Morgan fingerprint density at radius 3 is 2.54 bits per heavy atom. The van der Waals surface area contributed by atoms with Crippen LogP contribution in [0.3, 0.4) is 0 Å². The second kappa shape index (κ2) is 7.52. The molecule has 0 radical (unpaired) electrons. The van der Waals surface area contributed by atoms with Crippen LogP contribution in [0, 0.1) is 19.8 Å². The van der Waals surface area contributed by atoms with E-state index in [1.54, 1.807) is 29.2 Å². The number of hydrogen-bond acceptors (Lipinski definition) is 4. The molecule has 1 heterocycles. The Morgan fingerprint density at radius 1 is 1.12 bits per heavy atom. The zero-order valence-corrected chi connectivity index (χ0v) is 14.9. The lowest BCUT2D eigenvalue weighted by Crippen LogP contribution is -2.27. The highest BCUT2D eigenvalue weighted by Crippen LogP contribution is 2.29. The number of rotatable bonds is 5. The topological polar surface area (TPSA) is 63.7 Å². The van der Waals surface area contributed by atoms with Gasteiger partial charge in [0.05, 0.1) is 5.92 Å². The number of esters is 1. The quantitative estimate of drug-likeness (QED) is 0.613. The first kappa shape index (κ1) is 17.9. The standard InChI is InChI=1S/C21H21NO4/c1-14-8-9-18(15(2)10-14)22-12-17(11-20(22)24)21(25)26-13-19(23)16-6-4-3-5-7-16/h3-10,17H,11-13H2,1-2H3/t17-/m1/s1. The Labute approximate surface area is 152 Å². The molecule has 1 amide bonds. The highest BCUT2D eigenvalue weighted by molar-refractivity contribution is 6.01. The molecule has 1 aliphatic rings. The van der Waals surface area contributed by atoms with Crippen molar-refractivity contribution in [1.82, 2.24) is 0 Å². The number of benzene rings is 2. The molecule has 0 aliphatic carbocycles. The predicted molar refractivity (Wildman–Crippen MR) is 98.1 cm³/mol. The van der Waals surface area contributed by atoms with Crippen molar-refractivity contribution >= 4 is 23.3 Å². The van der Waals surface area contributed by atoms with Crippen LogP contribution in [0.5, 0.6) is 0 Å². The summed E-state index contributed by atoms with van der Waals surface area (Å²) in [6, 6.07) is 14.5. The number of carbonyl (C=O) groups is 3. The number of amides is 1. The summed E-state index contributed by atoms with van der Waals surface area (Å²) in [5.74, 6) is -1.41. The van der Waals surface area contributed by atoms with Gasteiger partial charge in [0.15, 0.2) is 12.4 Å². The van der Waals surface area contributed by atoms with Gasteiger partial charge in [-0.15, -0.1) is 0 Å². The third-order valence-electron chi connectivity index (χ3n) is 4.54. The van der Waals surface area contributed by atoms with Crippen LogP contribution < -0.4 is 4.90 Å². The van der Waals surface area contributed by atoms with Crippen molar-refractivity contribution in [3.05, 3.63) is 65.2 Å². The molecular formula is C21H21NO4. The van der Waals surface area contributed by atoms with Crippen LogP contribution in [0.25, 0.3) is 0 Å². The minimum absolute atomic E-state index is 0.103. The van der Waals surface area contributed by atoms with E-state index in [2.05, 4.69) is 0 Å². The van der Waals surface area contributed by atoms with Crippen molar-refractivity contribution in [2.75, 3.05) is 18.1 Å². The maximum absolute atomic E-state index is 12.3. The summed E-state index contributed by atoms with van der Waals surface area (Å²) in [4.78, 5) is 38.3. The van der Waals surface area contributed by atoms with E-state index in [0.717, 1.165) is 16.8 Å². The Kier molecular flexibility index (Phi) is 5.16. The molecule has 5 heteroatoms. The molecule has 26 heavy (non-hydrogen) atoms. The van der Waals surface area contributed by atoms with Crippen molar-refractivity contribution in [3.8, 4) is 0 Å². The number of aryl methyl sites for hydroxylation is 2. The van der Waals surface area contributed by atoms with Crippen LogP contribution in [0.2, 0.25) is 0 Å². The summed E-state index contributed by atoms with van der Waals surface area (Å²) in [5.41, 5.74) is 3.43. The molecule has 0 bridgehead atoms. The van der Waals surface area contributed by atoms with E-state index in [4.69, 9.17) is 4.74 Å². The Hall–Kier alpha value is -2.95. The number of nitrogens with zero attached hydrogens (tertiary/aromatic N) is 1. The number of Topliss-reactive ketones (excluding diaryl/α,β-unsaturated/α-hetero) is 1. The molecule has 2 aromatic carbocycles. The minimum atomic E-state index is -0.549. The first-order chi connectivity index (χ1) is 12.5. The third-order valence-corrected chi connectivity index (χ3v) is 4.54. The monoisotopic (exact) mass is 351 g/mol. The van der Waals surface area contributed by atoms with Gasteiger partial charge in [-0.2, -0.15) is 0 Å². The van der Waals surface area contributed by atoms with Gasteiger partial charge >= 0.3 is 5.97 Å². The van der Waals surface area contributed by atoms with Gasteiger partial charge in [0.25, 0.3) is 0 Å². The average molecular weight is 351 g/mol. The molecule has 1 atom stereocenters. The van der Waals surface area contributed by atoms with Gasteiger partial charge in [0.1, 0.15) is 0 Å². The first-order valence-electron chi connectivity index (χ1n) is 8.58. The van der Waals surface area contributed by atoms with Crippen molar-refractivity contribution in [3.63, 3.8) is 0 Å². The first-order valence-corrected chi connectivity index (χ1v) is 8.58. The SMILES string of the molecule is Cc1ccc(N2C[C@H](C(=O)OCC(=O)c3ccccc3)CC2=O)c(C)c1. The highest BCUT2D eigenvalue weighted by Gasteiger charge is 2.36. The van der Waals surface area contributed by atoms with Crippen LogP contribution in [-0.4, -0.2) is 30.8 Å². The van der Waals surface area contributed by atoms with Crippen molar-refractivity contribution < 1.29 is 19.1 Å². The second-order valence-corrected chi connectivity index (χ2v) is 6.59. The molecule has 1 aliphatic heterocycles. The van der Waals surface area contributed by atoms with Crippen LogP contribution in [0.4, 0.5) is 5.69 Å². The van der Waals surface area contributed by atoms with E-state index in [1.165, 1.54) is 0 Å². The maximum Gasteiger partial charge on any atom is 0.311 e. The third kappa shape index (κ3) is 3.82. The summed E-state index contributed by atoms with van der Waals surface area (Å²) in [6.07, 6.45) is 0.103. The number of ether oxygens (including phenoxy) is 1. The zero-order valence-electron chi connectivity index (χ0n) is 14.9. The smallest absolute Gasteiger partial charge is 0.311 e. The van der Waals surface area contributed by atoms with Gasteiger partial charge in [-0.05, 0) is 25.5 Å². The molecule has 1 fully saturated rings. The number of hydrogen-bond donors (Lipinski definition) is 0. The Balaban J connectivity index is 1.61. The lowest BCUT2D eigenvalue weighted by molar-refractivity contribution is -0.147. The minimum Gasteiger partial charge on any atom is -0.457 e. The van der Waals surface area contributed by atoms with Crippen LogP contribution in [0.1, 0.15) is 27.9 Å². The molecule has 0 spiro atoms. The summed E-state index contributed by atoms with van der Waals surface area (Å²) >= 11 is 0. The molecule has 3 rings (SSSR count).